The largest absolute Gasteiger partial charge is 0.496 e. The van der Waals surface area contributed by atoms with Crippen LogP contribution in [0.25, 0.3) is 0 Å². The lowest BCUT2D eigenvalue weighted by Crippen LogP contribution is -2.29. The van der Waals surface area contributed by atoms with E-state index >= 15 is 0 Å². The molecule has 130 valence electrons. The molecule has 0 saturated carbocycles. The van der Waals surface area contributed by atoms with Crippen LogP contribution in [-0.2, 0) is 10.0 Å². The first-order valence-electron chi connectivity index (χ1n) is 7.68. The maximum atomic E-state index is 12.5. The Morgan fingerprint density at radius 3 is 2.25 bits per heavy atom. The van der Waals surface area contributed by atoms with Crippen LogP contribution in [0.2, 0.25) is 0 Å². The fourth-order valence-corrected chi connectivity index (χ4v) is 3.65. The van der Waals surface area contributed by atoms with E-state index in [9.17, 15) is 8.42 Å². The van der Waals surface area contributed by atoms with Gasteiger partial charge in [-0.25, -0.2) is 13.1 Å². The molecule has 0 radical (unpaired) electrons. The normalized spacial score (nSPS) is 11.3. The van der Waals surface area contributed by atoms with Crippen molar-refractivity contribution in [1.29, 1.82) is 0 Å². The Morgan fingerprint density at radius 2 is 1.62 bits per heavy atom. The summed E-state index contributed by atoms with van der Waals surface area (Å²) in [5.74, 6) is 1.39. The molecule has 0 aliphatic carbocycles. The van der Waals surface area contributed by atoms with Crippen molar-refractivity contribution in [2.75, 3.05) is 20.3 Å². The van der Waals surface area contributed by atoms with Gasteiger partial charge in [-0.15, -0.1) is 0 Å². The van der Waals surface area contributed by atoms with Crippen LogP contribution in [0.1, 0.15) is 16.7 Å². The molecule has 0 amide bonds. The Hall–Kier alpha value is -2.05. The Kier molecular flexibility index (Phi) is 5.85. The molecule has 0 aliphatic heterocycles. The maximum Gasteiger partial charge on any atom is 0.240 e. The van der Waals surface area contributed by atoms with Crippen LogP contribution >= 0.6 is 0 Å². The lowest BCUT2D eigenvalue weighted by molar-refractivity contribution is 0.323. The van der Waals surface area contributed by atoms with Crippen LogP contribution in [0.15, 0.2) is 41.3 Å². The summed E-state index contributed by atoms with van der Waals surface area (Å²) in [7, 11) is -2.02. The molecule has 0 spiro atoms. The Bertz CT molecular complexity index is 799. The highest BCUT2D eigenvalue weighted by Crippen LogP contribution is 2.26. The van der Waals surface area contributed by atoms with Crippen LogP contribution in [0, 0.1) is 20.8 Å². The average Bonchev–Trinajstić information content (AvgIpc) is 2.55. The molecule has 0 atom stereocenters. The van der Waals surface area contributed by atoms with Gasteiger partial charge >= 0.3 is 0 Å². The molecule has 0 heterocycles. The minimum Gasteiger partial charge on any atom is -0.496 e. The molecule has 0 saturated heterocycles. The summed E-state index contributed by atoms with van der Waals surface area (Å²) in [4.78, 5) is 0.260. The van der Waals surface area contributed by atoms with Gasteiger partial charge in [0.15, 0.2) is 0 Å². The topological polar surface area (TPSA) is 64.6 Å². The fraction of sp³-hybridized carbons (Fsp3) is 0.333. The quantitative estimate of drug-likeness (QED) is 0.781. The first-order valence-corrected chi connectivity index (χ1v) is 9.17. The molecule has 0 aliphatic rings. The molecule has 24 heavy (non-hydrogen) atoms. The van der Waals surface area contributed by atoms with Gasteiger partial charge in [0.1, 0.15) is 18.1 Å². The zero-order valence-corrected chi connectivity index (χ0v) is 15.2. The molecule has 0 bridgehead atoms. The second-order valence-electron chi connectivity index (χ2n) is 5.58. The van der Waals surface area contributed by atoms with Crippen molar-refractivity contribution < 1.29 is 17.9 Å². The molecular formula is C18H23NO4S. The van der Waals surface area contributed by atoms with E-state index in [1.807, 2.05) is 38.1 Å². The van der Waals surface area contributed by atoms with E-state index in [0.717, 1.165) is 16.9 Å². The summed E-state index contributed by atoms with van der Waals surface area (Å²) in [5.41, 5.74) is 2.64. The Labute approximate surface area is 143 Å². The molecular weight excluding hydrogens is 326 g/mol. The summed E-state index contributed by atoms with van der Waals surface area (Å²) < 4.78 is 38.2. The number of ether oxygens (including phenoxy) is 2. The molecule has 0 unspecified atom stereocenters. The summed E-state index contributed by atoms with van der Waals surface area (Å²) in [6.45, 7) is 6.07. The third-order valence-electron chi connectivity index (χ3n) is 3.88. The summed E-state index contributed by atoms with van der Waals surface area (Å²) in [6.07, 6.45) is 0. The van der Waals surface area contributed by atoms with Crippen molar-refractivity contribution in [1.82, 2.24) is 4.72 Å². The molecule has 2 aromatic carbocycles. The minimum absolute atomic E-state index is 0.195. The monoisotopic (exact) mass is 349 g/mol. The first kappa shape index (κ1) is 18.3. The van der Waals surface area contributed by atoms with Crippen molar-refractivity contribution in [2.24, 2.45) is 0 Å². The second-order valence-corrected chi connectivity index (χ2v) is 7.31. The van der Waals surface area contributed by atoms with Gasteiger partial charge in [0.05, 0.1) is 12.0 Å². The number of methoxy groups -OCH3 is 1. The van der Waals surface area contributed by atoms with Crippen molar-refractivity contribution in [3.05, 3.63) is 53.1 Å². The van der Waals surface area contributed by atoms with Crippen molar-refractivity contribution in [2.45, 2.75) is 25.7 Å². The maximum absolute atomic E-state index is 12.5. The van der Waals surface area contributed by atoms with Crippen LogP contribution in [0.4, 0.5) is 0 Å². The van der Waals surface area contributed by atoms with Crippen molar-refractivity contribution in [3.8, 4) is 11.5 Å². The molecule has 0 fully saturated rings. The number of hydrogen-bond donors (Lipinski definition) is 1. The Morgan fingerprint density at radius 1 is 0.958 bits per heavy atom. The number of aryl methyl sites for hydroxylation is 1. The van der Waals surface area contributed by atoms with E-state index in [-0.39, 0.29) is 18.0 Å². The molecule has 1 N–H and O–H groups in total. The zero-order chi connectivity index (χ0) is 17.7. The SMILES string of the molecule is COc1ccc(S(=O)(=O)NCCOc2ccc(C)cc2)c(C)c1C. The van der Waals surface area contributed by atoms with Gasteiger partial charge in [-0.2, -0.15) is 0 Å². The molecule has 2 rings (SSSR count). The lowest BCUT2D eigenvalue weighted by atomic mass is 10.1. The van der Waals surface area contributed by atoms with E-state index < -0.39 is 10.0 Å². The highest BCUT2D eigenvalue weighted by molar-refractivity contribution is 7.89. The van der Waals surface area contributed by atoms with E-state index in [1.165, 1.54) is 0 Å². The van der Waals surface area contributed by atoms with Gasteiger partial charge in [0.2, 0.25) is 10.0 Å². The number of nitrogens with one attached hydrogen (secondary N) is 1. The summed E-state index contributed by atoms with van der Waals surface area (Å²) in [6, 6.07) is 10.8. The van der Waals surface area contributed by atoms with Crippen LogP contribution in [-0.4, -0.2) is 28.7 Å². The predicted molar refractivity (Wildman–Crippen MR) is 94.3 cm³/mol. The van der Waals surface area contributed by atoms with Gasteiger partial charge < -0.3 is 9.47 Å². The zero-order valence-electron chi connectivity index (χ0n) is 14.4. The Balaban J connectivity index is 1.99. The number of hydrogen-bond acceptors (Lipinski definition) is 4. The van der Waals surface area contributed by atoms with Gasteiger partial charge in [-0.1, -0.05) is 17.7 Å². The van der Waals surface area contributed by atoms with E-state index in [1.54, 1.807) is 26.2 Å². The highest BCUT2D eigenvalue weighted by Gasteiger charge is 2.19. The van der Waals surface area contributed by atoms with Crippen LogP contribution < -0.4 is 14.2 Å². The van der Waals surface area contributed by atoms with Crippen LogP contribution in [0.5, 0.6) is 11.5 Å². The smallest absolute Gasteiger partial charge is 0.240 e. The first-order chi connectivity index (χ1) is 11.3. The van der Waals surface area contributed by atoms with Gasteiger partial charge in [-0.3, -0.25) is 0 Å². The van der Waals surface area contributed by atoms with Gasteiger partial charge in [0, 0.05) is 6.54 Å². The highest BCUT2D eigenvalue weighted by atomic mass is 32.2. The van der Waals surface area contributed by atoms with E-state index in [0.29, 0.717) is 11.3 Å². The molecule has 2 aromatic rings. The van der Waals surface area contributed by atoms with Crippen molar-refractivity contribution in [3.63, 3.8) is 0 Å². The average molecular weight is 349 g/mol. The van der Waals surface area contributed by atoms with Gasteiger partial charge in [-0.05, 0) is 56.2 Å². The van der Waals surface area contributed by atoms with E-state index in [4.69, 9.17) is 9.47 Å². The number of sulfonamides is 1. The predicted octanol–water partition coefficient (Wildman–Crippen LogP) is 2.98. The summed E-state index contributed by atoms with van der Waals surface area (Å²) in [5, 5.41) is 0. The minimum atomic E-state index is -3.59. The fourth-order valence-electron chi connectivity index (χ4n) is 2.34. The van der Waals surface area contributed by atoms with Crippen LogP contribution in [0.3, 0.4) is 0 Å². The number of benzene rings is 2. The standard InChI is InChI=1S/C18H23NO4S/c1-13-5-7-16(8-6-13)23-12-11-19-24(20,21)18-10-9-17(22-4)14(2)15(18)3/h5-10,19H,11-12H2,1-4H3. The summed E-state index contributed by atoms with van der Waals surface area (Å²) >= 11 is 0. The van der Waals surface area contributed by atoms with Gasteiger partial charge in [0.25, 0.3) is 0 Å². The van der Waals surface area contributed by atoms with E-state index in [2.05, 4.69) is 4.72 Å². The van der Waals surface area contributed by atoms with Crippen molar-refractivity contribution >= 4 is 10.0 Å². The lowest BCUT2D eigenvalue weighted by Gasteiger charge is -2.14. The molecule has 0 aromatic heterocycles. The third kappa shape index (κ3) is 4.27. The second kappa shape index (κ2) is 7.68. The molecule has 6 heteroatoms. The number of rotatable bonds is 7. The molecule has 5 nitrogen and oxygen atoms in total. The third-order valence-corrected chi connectivity index (χ3v) is 5.49.